The molecular formula is C24H21N3O5S2. The molecule has 4 heterocycles. The second-order valence-electron chi connectivity index (χ2n) is 7.77. The van der Waals surface area contributed by atoms with Crippen molar-refractivity contribution in [2.75, 3.05) is 20.3 Å². The van der Waals surface area contributed by atoms with Gasteiger partial charge in [-0.25, -0.2) is 0 Å². The van der Waals surface area contributed by atoms with Crippen molar-refractivity contribution in [2.45, 2.75) is 18.9 Å². The smallest absolute Gasteiger partial charge is 0.269 e. The van der Waals surface area contributed by atoms with Gasteiger partial charge in [0, 0.05) is 12.8 Å². The summed E-state index contributed by atoms with van der Waals surface area (Å²) >= 11 is 6.61. The molecule has 1 atom stereocenters. The van der Waals surface area contributed by atoms with E-state index in [1.165, 1.54) is 15.4 Å². The van der Waals surface area contributed by atoms with Crippen molar-refractivity contribution < 1.29 is 19.0 Å². The van der Waals surface area contributed by atoms with Crippen molar-refractivity contribution in [3.63, 3.8) is 0 Å². The molecule has 2 aliphatic rings. The van der Waals surface area contributed by atoms with Gasteiger partial charge in [0.2, 0.25) is 5.88 Å². The van der Waals surface area contributed by atoms with Gasteiger partial charge >= 0.3 is 0 Å². The number of hydrogen-bond donors (Lipinski definition) is 0. The average molecular weight is 496 g/mol. The van der Waals surface area contributed by atoms with Crippen LogP contribution in [0.1, 0.15) is 18.4 Å². The molecule has 2 saturated heterocycles. The molecular weight excluding hydrogens is 474 g/mol. The highest BCUT2D eigenvalue weighted by atomic mass is 32.2. The number of carbonyl (C=O) groups is 1. The number of methoxy groups -OCH3 is 1. The molecule has 8 nitrogen and oxygen atoms in total. The second-order valence-corrected chi connectivity index (χ2v) is 9.45. The van der Waals surface area contributed by atoms with Crippen LogP contribution in [0.4, 0.5) is 0 Å². The molecule has 1 unspecified atom stereocenters. The number of fused-ring (bicyclic) bond motifs is 1. The summed E-state index contributed by atoms with van der Waals surface area (Å²) in [4.78, 5) is 32.9. The van der Waals surface area contributed by atoms with Gasteiger partial charge in [0.05, 0.1) is 24.7 Å². The highest BCUT2D eigenvalue weighted by Crippen LogP contribution is 2.35. The Kier molecular flexibility index (Phi) is 6.36. The lowest BCUT2D eigenvalue weighted by molar-refractivity contribution is -0.123. The molecule has 2 aliphatic heterocycles. The standard InChI is InChI=1S/C24H21N3O5S2/c1-30-15-7-9-16(10-8-15)32-21-18(22(28)26-11-3-2-6-20(26)25-21)13-19-23(29)27(24(33)34-19)14-17-5-4-12-31-17/h2-3,6-11,13,17H,4-5,12,14H2,1H3/b19-13-. The first-order valence-electron chi connectivity index (χ1n) is 10.7. The fourth-order valence-corrected chi connectivity index (χ4v) is 5.08. The van der Waals surface area contributed by atoms with E-state index < -0.39 is 0 Å². The normalized spacial score (nSPS) is 19.4. The molecule has 2 aromatic heterocycles. The number of amides is 1. The van der Waals surface area contributed by atoms with Crippen molar-refractivity contribution in [1.82, 2.24) is 14.3 Å². The minimum atomic E-state index is -0.349. The van der Waals surface area contributed by atoms with Gasteiger partial charge in [0.25, 0.3) is 11.5 Å². The maximum absolute atomic E-state index is 13.4. The highest BCUT2D eigenvalue weighted by molar-refractivity contribution is 8.26. The van der Waals surface area contributed by atoms with Crippen LogP contribution in [0.5, 0.6) is 17.4 Å². The first-order valence-corrected chi connectivity index (χ1v) is 12.0. The molecule has 3 aromatic rings. The fraction of sp³-hybridized carbons (Fsp3) is 0.250. The number of thioether (sulfide) groups is 1. The minimum absolute atomic E-state index is 0.0243. The Morgan fingerprint density at radius 1 is 1.21 bits per heavy atom. The summed E-state index contributed by atoms with van der Waals surface area (Å²) in [5.74, 6) is 1.01. The number of benzene rings is 1. The van der Waals surface area contributed by atoms with Gasteiger partial charge in [-0.2, -0.15) is 4.98 Å². The first-order chi connectivity index (χ1) is 16.5. The topological polar surface area (TPSA) is 82.4 Å². The van der Waals surface area contributed by atoms with E-state index in [1.807, 2.05) is 0 Å². The summed E-state index contributed by atoms with van der Waals surface area (Å²) in [5.41, 5.74) is 0.245. The molecule has 0 spiro atoms. The Hall–Kier alpha value is -3.21. The van der Waals surface area contributed by atoms with Crippen LogP contribution in [-0.2, 0) is 9.53 Å². The number of rotatable bonds is 6. The van der Waals surface area contributed by atoms with E-state index in [4.69, 9.17) is 26.4 Å². The van der Waals surface area contributed by atoms with Crippen LogP contribution in [0.25, 0.3) is 11.7 Å². The highest BCUT2D eigenvalue weighted by Gasteiger charge is 2.35. The van der Waals surface area contributed by atoms with E-state index in [2.05, 4.69) is 4.98 Å². The number of carbonyl (C=O) groups excluding carboxylic acids is 1. The van der Waals surface area contributed by atoms with Crippen LogP contribution in [0.15, 0.2) is 58.4 Å². The van der Waals surface area contributed by atoms with Crippen LogP contribution in [0, 0.1) is 0 Å². The molecule has 174 valence electrons. The molecule has 1 amide bonds. The van der Waals surface area contributed by atoms with Gasteiger partial charge in [0.1, 0.15) is 27.0 Å². The van der Waals surface area contributed by atoms with Gasteiger partial charge in [0.15, 0.2) is 0 Å². The quantitative estimate of drug-likeness (QED) is 0.377. The van der Waals surface area contributed by atoms with Crippen molar-refractivity contribution in [3.05, 3.63) is 69.5 Å². The summed E-state index contributed by atoms with van der Waals surface area (Å²) < 4.78 is 18.7. The lowest BCUT2D eigenvalue weighted by atomic mass is 10.2. The summed E-state index contributed by atoms with van der Waals surface area (Å²) in [6.07, 6.45) is 4.99. The number of ether oxygens (including phenoxy) is 3. The zero-order valence-electron chi connectivity index (χ0n) is 18.3. The number of aromatic nitrogens is 2. The molecule has 0 aliphatic carbocycles. The largest absolute Gasteiger partial charge is 0.497 e. The lowest BCUT2D eigenvalue weighted by Gasteiger charge is -2.18. The van der Waals surface area contributed by atoms with Gasteiger partial charge in [-0.1, -0.05) is 30.0 Å². The summed E-state index contributed by atoms with van der Waals surface area (Å²) in [6, 6.07) is 12.2. The monoisotopic (exact) mass is 495 g/mol. The molecule has 34 heavy (non-hydrogen) atoms. The SMILES string of the molecule is COc1ccc(Oc2nc3ccccn3c(=O)c2/C=C2\SC(=S)N(CC3CCCO3)C2=O)cc1. The van der Waals surface area contributed by atoms with E-state index in [1.54, 1.807) is 55.8 Å². The van der Waals surface area contributed by atoms with E-state index >= 15 is 0 Å². The number of hydrogen-bond acceptors (Lipinski definition) is 8. The molecule has 0 N–H and O–H groups in total. The van der Waals surface area contributed by atoms with E-state index in [-0.39, 0.29) is 29.0 Å². The molecule has 0 radical (unpaired) electrons. The summed E-state index contributed by atoms with van der Waals surface area (Å²) in [6.45, 7) is 1.10. The average Bonchev–Trinajstić information content (AvgIpc) is 3.46. The molecule has 10 heteroatoms. The van der Waals surface area contributed by atoms with E-state index in [9.17, 15) is 9.59 Å². The first kappa shape index (κ1) is 22.6. The maximum Gasteiger partial charge on any atom is 0.269 e. The predicted octanol–water partition coefficient (Wildman–Crippen LogP) is 3.88. The van der Waals surface area contributed by atoms with Gasteiger partial charge in [-0.3, -0.25) is 18.9 Å². The van der Waals surface area contributed by atoms with Gasteiger partial charge < -0.3 is 14.2 Å². The lowest BCUT2D eigenvalue weighted by Crippen LogP contribution is -2.35. The molecule has 1 aromatic carbocycles. The molecule has 0 bridgehead atoms. The Balaban J connectivity index is 1.53. The number of pyridine rings is 1. The van der Waals surface area contributed by atoms with Crippen molar-refractivity contribution in [2.24, 2.45) is 0 Å². The third-order valence-electron chi connectivity index (χ3n) is 5.57. The van der Waals surface area contributed by atoms with Crippen molar-refractivity contribution in [3.8, 4) is 17.4 Å². The van der Waals surface area contributed by atoms with Crippen LogP contribution in [-0.4, -0.2) is 50.9 Å². The Bertz CT molecular complexity index is 1350. The van der Waals surface area contributed by atoms with Crippen LogP contribution in [0.2, 0.25) is 0 Å². The van der Waals surface area contributed by atoms with Crippen molar-refractivity contribution >= 4 is 45.9 Å². The van der Waals surface area contributed by atoms with E-state index in [0.717, 1.165) is 24.6 Å². The van der Waals surface area contributed by atoms with Gasteiger partial charge in [-0.05, 0) is 55.3 Å². The third kappa shape index (κ3) is 4.44. The minimum Gasteiger partial charge on any atom is -0.497 e. The van der Waals surface area contributed by atoms with E-state index in [0.29, 0.717) is 39.5 Å². The Morgan fingerprint density at radius 2 is 2.00 bits per heavy atom. The van der Waals surface area contributed by atoms with Gasteiger partial charge in [-0.15, -0.1) is 0 Å². The number of thiocarbonyl (C=S) groups is 1. The van der Waals surface area contributed by atoms with Crippen LogP contribution in [0.3, 0.4) is 0 Å². The Labute approximate surface area is 205 Å². The number of nitrogens with zero attached hydrogens (tertiary/aromatic N) is 3. The van der Waals surface area contributed by atoms with Crippen LogP contribution < -0.4 is 15.0 Å². The predicted molar refractivity (Wildman–Crippen MR) is 133 cm³/mol. The summed E-state index contributed by atoms with van der Waals surface area (Å²) in [7, 11) is 1.58. The zero-order chi connectivity index (χ0) is 23.7. The Morgan fingerprint density at radius 3 is 2.74 bits per heavy atom. The van der Waals surface area contributed by atoms with Crippen molar-refractivity contribution in [1.29, 1.82) is 0 Å². The molecule has 0 saturated carbocycles. The fourth-order valence-electron chi connectivity index (χ4n) is 3.82. The third-order valence-corrected chi connectivity index (χ3v) is 6.95. The maximum atomic E-state index is 13.4. The second kappa shape index (κ2) is 9.57. The zero-order valence-corrected chi connectivity index (χ0v) is 19.9. The molecule has 2 fully saturated rings. The van der Waals surface area contributed by atoms with Crippen LogP contribution >= 0.6 is 24.0 Å². The molecule has 5 rings (SSSR count). The summed E-state index contributed by atoms with van der Waals surface area (Å²) in [5, 5.41) is 0.